The van der Waals surface area contributed by atoms with Gasteiger partial charge in [0.05, 0.1) is 22.9 Å². The molecule has 1 unspecified atom stereocenters. The average molecular weight is 717 g/mol. The molecule has 3 fully saturated rings. The molecule has 5 N–H and O–H groups in total. The number of pyridine rings is 1. The lowest BCUT2D eigenvalue weighted by Gasteiger charge is -2.40. The van der Waals surface area contributed by atoms with Gasteiger partial charge >= 0.3 is 0 Å². The Bertz CT molecular complexity index is 1830. The fraction of sp³-hybridized carbons (Fsp3) is 0.459. The number of rotatable bonds is 12. The Balaban J connectivity index is 1.03. The molecule has 14 heteroatoms. The zero-order chi connectivity index (χ0) is 36.3. The molecule has 1 aromatic heterocycles. The minimum atomic E-state index is -3.21. The molecule has 6 rings (SSSR count). The van der Waals surface area contributed by atoms with Crippen LogP contribution < -0.4 is 31.5 Å². The van der Waals surface area contributed by atoms with Crippen LogP contribution in [-0.2, 0) is 9.84 Å². The summed E-state index contributed by atoms with van der Waals surface area (Å²) < 4.78 is 23.1. The summed E-state index contributed by atoms with van der Waals surface area (Å²) >= 11 is 0. The van der Waals surface area contributed by atoms with Crippen LogP contribution in [-0.4, -0.2) is 106 Å². The number of nitrogens with one attached hydrogen (secondary N) is 3. The number of carbonyl (C=O) groups is 3. The van der Waals surface area contributed by atoms with Gasteiger partial charge in [0.15, 0.2) is 0 Å². The van der Waals surface area contributed by atoms with Crippen LogP contribution in [0.25, 0.3) is 0 Å². The van der Waals surface area contributed by atoms with Crippen molar-refractivity contribution in [3.63, 3.8) is 0 Å². The van der Waals surface area contributed by atoms with E-state index in [4.69, 9.17) is 10.7 Å². The minimum absolute atomic E-state index is 0.0501. The van der Waals surface area contributed by atoms with Crippen LogP contribution in [0, 0.1) is 0 Å². The lowest BCUT2D eigenvalue weighted by atomic mass is 9.96. The predicted molar refractivity (Wildman–Crippen MR) is 199 cm³/mol. The van der Waals surface area contributed by atoms with Crippen molar-refractivity contribution in [1.29, 1.82) is 0 Å². The van der Waals surface area contributed by atoms with Crippen LogP contribution in [0.1, 0.15) is 75.3 Å². The molecule has 3 amide bonds. The molecule has 4 atom stereocenters. The summed E-state index contributed by atoms with van der Waals surface area (Å²) in [6.07, 6.45) is 6.22. The molecule has 4 heterocycles. The summed E-state index contributed by atoms with van der Waals surface area (Å²) in [6.45, 7) is 6.18. The Morgan fingerprint density at radius 2 is 1.59 bits per heavy atom. The van der Waals surface area contributed by atoms with Crippen molar-refractivity contribution in [2.75, 3.05) is 66.9 Å². The van der Waals surface area contributed by atoms with E-state index in [-0.39, 0.29) is 53.8 Å². The molecule has 3 aromatic rings. The predicted octanol–water partition coefficient (Wildman–Crippen LogP) is 2.81. The number of benzene rings is 2. The van der Waals surface area contributed by atoms with E-state index in [0.717, 1.165) is 69.5 Å². The number of primary amides is 1. The van der Waals surface area contributed by atoms with E-state index in [9.17, 15) is 22.8 Å². The van der Waals surface area contributed by atoms with E-state index in [1.165, 1.54) is 17.8 Å². The van der Waals surface area contributed by atoms with Gasteiger partial charge in [-0.1, -0.05) is 12.1 Å². The Morgan fingerprint density at radius 3 is 2.20 bits per heavy atom. The fourth-order valence-electron chi connectivity index (χ4n) is 7.43. The fourth-order valence-corrected chi connectivity index (χ4v) is 7.90. The number of piperidine rings is 1. The largest absolute Gasteiger partial charge is 0.383 e. The third-order valence-electron chi connectivity index (χ3n) is 10.3. The molecule has 2 bridgehead atoms. The van der Waals surface area contributed by atoms with Crippen molar-refractivity contribution >= 4 is 44.8 Å². The van der Waals surface area contributed by atoms with Gasteiger partial charge in [0.25, 0.3) is 17.7 Å². The van der Waals surface area contributed by atoms with E-state index >= 15 is 0 Å². The number of hydrogen-bond donors (Lipinski definition) is 4. The topological polar surface area (TPSA) is 170 Å². The summed E-state index contributed by atoms with van der Waals surface area (Å²) in [5, 5.41) is 9.20. The van der Waals surface area contributed by atoms with Crippen LogP contribution in [0.2, 0.25) is 0 Å². The smallest absolute Gasteiger partial charge is 0.253 e. The van der Waals surface area contributed by atoms with Gasteiger partial charge in [0.2, 0.25) is 0 Å². The van der Waals surface area contributed by atoms with Gasteiger partial charge in [-0.05, 0) is 87.7 Å². The number of fused-ring (bicyclic) bond motifs is 2. The van der Waals surface area contributed by atoms with Gasteiger partial charge < -0.3 is 36.4 Å². The number of likely N-dealkylation sites (N-methyl/N-ethyl adjacent to an activating group) is 1. The minimum Gasteiger partial charge on any atom is -0.383 e. The first-order valence-corrected chi connectivity index (χ1v) is 19.7. The van der Waals surface area contributed by atoms with Crippen LogP contribution in [0.3, 0.4) is 0 Å². The highest BCUT2D eigenvalue weighted by Gasteiger charge is 2.42. The Kier molecular flexibility index (Phi) is 10.8. The lowest BCUT2D eigenvalue weighted by Crippen LogP contribution is -2.50. The zero-order valence-electron chi connectivity index (χ0n) is 29.5. The normalized spacial score (nSPS) is 21.2. The third kappa shape index (κ3) is 8.79. The molecule has 0 radical (unpaired) electrons. The molecule has 0 spiro atoms. The average Bonchev–Trinajstić information content (AvgIpc) is 3.37. The van der Waals surface area contributed by atoms with E-state index in [2.05, 4.69) is 62.0 Å². The number of carbonyl (C=O) groups excluding carboxylic acids is 3. The molecule has 2 aromatic carbocycles. The van der Waals surface area contributed by atoms with Crippen molar-refractivity contribution in [2.45, 2.75) is 56.8 Å². The van der Waals surface area contributed by atoms with Crippen molar-refractivity contribution in [3.05, 3.63) is 83.0 Å². The first-order chi connectivity index (χ1) is 24.3. The zero-order valence-corrected chi connectivity index (χ0v) is 30.3. The van der Waals surface area contributed by atoms with Gasteiger partial charge in [-0.25, -0.2) is 13.4 Å². The van der Waals surface area contributed by atoms with Crippen LogP contribution in [0.5, 0.6) is 0 Å². The van der Waals surface area contributed by atoms with Crippen molar-refractivity contribution < 1.29 is 22.8 Å². The highest BCUT2D eigenvalue weighted by Crippen LogP contribution is 2.38. The number of anilines is 3. The molecule has 51 heavy (non-hydrogen) atoms. The van der Waals surface area contributed by atoms with E-state index < -0.39 is 15.7 Å². The lowest BCUT2D eigenvalue weighted by molar-refractivity contribution is 0.0922. The monoisotopic (exact) mass is 716 g/mol. The van der Waals surface area contributed by atoms with Crippen LogP contribution >= 0.6 is 0 Å². The second-order valence-electron chi connectivity index (χ2n) is 14.1. The molecular weight excluding hydrogens is 669 g/mol. The molecule has 0 saturated carbocycles. The van der Waals surface area contributed by atoms with Gasteiger partial charge in [-0.15, -0.1) is 0 Å². The second-order valence-corrected chi connectivity index (χ2v) is 16.4. The number of piperazine rings is 1. The van der Waals surface area contributed by atoms with Gasteiger partial charge in [-0.3, -0.25) is 14.4 Å². The van der Waals surface area contributed by atoms with E-state index in [0.29, 0.717) is 16.8 Å². The number of nitrogens with zero attached hydrogens (tertiary/aromatic N) is 4. The van der Waals surface area contributed by atoms with E-state index in [1.807, 2.05) is 19.1 Å². The number of sulfone groups is 1. The first kappa shape index (κ1) is 36.1. The Hall–Kier alpha value is -4.69. The maximum absolute atomic E-state index is 13.3. The summed E-state index contributed by atoms with van der Waals surface area (Å²) in [4.78, 5) is 50.2. The van der Waals surface area contributed by atoms with E-state index in [1.54, 1.807) is 12.3 Å². The molecule has 272 valence electrons. The number of hydrogen-bond acceptors (Lipinski definition) is 10. The number of amides is 3. The Morgan fingerprint density at radius 1 is 0.922 bits per heavy atom. The molecular formula is C37H48N8O5S. The van der Waals surface area contributed by atoms with Gasteiger partial charge in [0.1, 0.15) is 15.7 Å². The molecule has 3 aliphatic rings. The highest BCUT2D eigenvalue weighted by molar-refractivity contribution is 7.90. The third-order valence-corrected chi connectivity index (χ3v) is 11.2. The molecule has 3 saturated heterocycles. The molecule has 13 nitrogen and oxygen atoms in total. The quantitative estimate of drug-likeness (QED) is 0.219. The standard InChI is InChI=1S/C37H48N8O5S/c1-24(25-4-8-29(9-5-25)44-17-15-43(2)16-18-44)41-37(48)27-7-13-34(40-23-27)45-30-10-11-31(45)22-28(21-30)42-36(47)26-6-12-32(35(38)46)33(20-26)39-14-19-51(3,49)50/h4-9,12-13,20,23-24,28,30-31,39H,10-11,14-19,21-22H2,1-3H3,(H2,38,46)(H,41,48)(H,42,47)/t24-,28?,30-,31+/m0/s1. The van der Waals surface area contributed by atoms with Crippen molar-refractivity contribution in [1.82, 2.24) is 20.5 Å². The summed E-state index contributed by atoms with van der Waals surface area (Å²) in [5.41, 5.74) is 9.11. The molecule has 0 aliphatic carbocycles. The van der Waals surface area contributed by atoms with Gasteiger partial charge in [0, 0.05) is 80.2 Å². The maximum atomic E-state index is 13.3. The number of aromatic nitrogens is 1. The van der Waals surface area contributed by atoms with Crippen LogP contribution in [0.15, 0.2) is 60.8 Å². The summed E-state index contributed by atoms with van der Waals surface area (Å²) in [6, 6.07) is 16.9. The second kappa shape index (κ2) is 15.3. The summed E-state index contributed by atoms with van der Waals surface area (Å²) in [7, 11) is -1.07. The first-order valence-electron chi connectivity index (χ1n) is 17.6. The van der Waals surface area contributed by atoms with Crippen LogP contribution in [0.4, 0.5) is 17.2 Å². The Labute approximate surface area is 299 Å². The van der Waals surface area contributed by atoms with Gasteiger partial charge in [-0.2, -0.15) is 0 Å². The summed E-state index contributed by atoms with van der Waals surface area (Å²) in [5.74, 6) is -0.426. The SMILES string of the molecule is C[C@H](NC(=O)c1ccc(N2[C@@H]3CC[C@H]2CC(NC(=O)c2ccc(C(N)=O)c(NCCS(C)(=O)=O)c2)C3)nc1)c1ccc(N2CCN(C)CC2)cc1. The molecule has 3 aliphatic heterocycles. The maximum Gasteiger partial charge on any atom is 0.253 e. The van der Waals surface area contributed by atoms with Crippen molar-refractivity contribution in [3.8, 4) is 0 Å². The number of nitrogens with two attached hydrogens (primary N) is 1. The highest BCUT2D eigenvalue weighted by atomic mass is 32.2. The van der Waals surface area contributed by atoms with Crippen molar-refractivity contribution in [2.24, 2.45) is 5.73 Å².